The fourth-order valence-corrected chi connectivity index (χ4v) is 20.9. The highest BCUT2D eigenvalue weighted by molar-refractivity contribution is 7.15. The number of likely N-dealkylation sites (tertiary alicyclic amines) is 2. The van der Waals surface area contributed by atoms with Crippen LogP contribution in [0.3, 0.4) is 0 Å². The van der Waals surface area contributed by atoms with Crippen molar-refractivity contribution in [1.29, 1.82) is 5.26 Å². The number of aromatic nitrogens is 5. The van der Waals surface area contributed by atoms with Gasteiger partial charge >= 0.3 is 0 Å². The number of nitrogens with zero attached hydrogens (tertiary/aromatic N) is 13. The van der Waals surface area contributed by atoms with Gasteiger partial charge in [-0.25, -0.2) is 9.37 Å². The largest absolute Gasteiger partial charge is 0.367 e. The van der Waals surface area contributed by atoms with Crippen LogP contribution < -0.4 is 51.1 Å². The third-order valence-corrected chi connectivity index (χ3v) is 27.7. The molecule has 11 aromatic rings. The number of thiazole rings is 1. The van der Waals surface area contributed by atoms with E-state index < -0.39 is 23.9 Å². The molecule has 7 fully saturated rings. The molecule has 634 valence electrons. The van der Waals surface area contributed by atoms with E-state index in [-0.39, 0.29) is 59.3 Å². The standard InChI is InChI=1S/C33H31N5O3S.C32H28FN7O2.C32H36N6O3/c1-20-10-12-27(31(40)35-20)38-26-13-11-25(23-8-5-9-24(30(23)26)33(38)41)36-28-19-34-32(42-28)22-14-16-37(17-15-22)29(39)18-21-6-3-2-4-7-21;1-19-7-10-29(31(41)36-19)40-28-12-9-26(23-5-2-6-24(30(23)28)32(40)42)37-21-16-35-39(17-21)22-4-3-13-38(18-22)27-11-8-20(15-34)14-25(27)33;1-20-8-9-27(30(40)34-20)38-26-11-10-25(23-6-4-7-24(29(23)26)31(38)41)35(3)22-17-33-37(18-22)21-12-15-36(28(39)16-21)19-32(2)13-5-14-32/h2-9,11,13,19,22,27,36H,1,10,12,14-18H2,(H,35,40);2,5-6,8-9,11-12,14,16-17,22,29,37H,1,3-4,7,10,13,18H2,(H,36,41);4,6-7,10-11,17-18,21,27H,1,5,8-9,12-16,19H2,2-3H3,(H,34,40). The lowest BCUT2D eigenvalue weighted by atomic mass is 9.70. The molecule has 5 unspecified atom stereocenters. The lowest BCUT2D eigenvalue weighted by Crippen LogP contribution is -2.51. The highest BCUT2D eigenvalue weighted by Crippen LogP contribution is 2.50. The van der Waals surface area contributed by atoms with Crippen molar-refractivity contribution in [2.75, 3.05) is 81.4 Å². The van der Waals surface area contributed by atoms with Crippen LogP contribution in [-0.2, 0) is 30.4 Å². The van der Waals surface area contributed by atoms with Crippen LogP contribution in [0, 0.1) is 22.6 Å². The fraction of sp³-hybridized carbons (Fsp3) is 0.320. The molecular formula is C97H95FN18O8S. The normalized spacial score (nSPS) is 20.9. The van der Waals surface area contributed by atoms with Crippen LogP contribution in [0.15, 0.2) is 207 Å². The minimum absolute atomic E-state index is 0.0480. The minimum atomic E-state index is -0.580. The zero-order valence-corrected chi connectivity index (χ0v) is 70.5. The molecule has 125 heavy (non-hydrogen) atoms. The number of halogens is 1. The first-order valence-corrected chi connectivity index (χ1v) is 43.9. The maximum absolute atomic E-state index is 14.7. The van der Waals surface area contributed by atoms with Gasteiger partial charge in [-0.05, 0) is 167 Å². The number of benzene rings is 8. The number of piperidine rings is 6. The first-order valence-electron chi connectivity index (χ1n) is 43.1. The van der Waals surface area contributed by atoms with Gasteiger partial charge in [0.1, 0.15) is 28.9 Å². The molecule has 5 atom stereocenters. The number of hydrogen-bond acceptors (Lipinski definition) is 17. The first kappa shape index (κ1) is 80.9. The molecule has 9 aliphatic heterocycles. The van der Waals surface area contributed by atoms with Crippen molar-refractivity contribution in [3.8, 4) is 6.07 Å². The third-order valence-electron chi connectivity index (χ3n) is 26.6. The van der Waals surface area contributed by atoms with E-state index >= 15 is 0 Å². The number of hydrogen-bond donors (Lipinski definition) is 5. The number of carbonyl (C=O) groups is 8. The Morgan fingerprint density at radius 2 is 1.14 bits per heavy atom. The van der Waals surface area contributed by atoms with Crippen molar-refractivity contribution < 1.29 is 42.7 Å². The van der Waals surface area contributed by atoms with E-state index in [0.717, 1.165) is 158 Å². The lowest BCUT2D eigenvalue weighted by Gasteiger charge is -2.44. The third kappa shape index (κ3) is 15.3. The van der Waals surface area contributed by atoms with Crippen molar-refractivity contribution in [1.82, 2.24) is 50.3 Å². The predicted molar refractivity (Wildman–Crippen MR) is 481 cm³/mol. The van der Waals surface area contributed by atoms with Crippen LogP contribution in [-0.4, -0.2) is 146 Å². The number of rotatable bonds is 17. The molecule has 0 radical (unpaired) electrons. The molecular weight excluding hydrogens is 1600 g/mol. The SMILES string of the molecule is C=C1CCC(N2C(=O)c3cccc4c(N(C)c5cnn(C6CCN(CC7(C)CCC7)C(=O)C6)c5)ccc2c34)C(=O)N1.C=C1CCC(N2C(=O)c3cccc4c(Nc5cnc(C6CCN(C(=O)Cc7ccccc7)CC6)s5)ccc2c34)C(=O)N1.C=C1CCC(N2C(=O)c3cccc4c(Nc5cnn(C6CCCN(c7ccc(C#N)cc7F)C6)c5)ccc2c34)C(=O)N1. The van der Waals surface area contributed by atoms with E-state index in [2.05, 4.69) is 73.2 Å². The Hall–Kier alpha value is -13.8. The van der Waals surface area contributed by atoms with Gasteiger partial charge in [0.2, 0.25) is 29.5 Å². The average Bonchev–Trinajstić information content (AvgIpc) is 1.58. The minimum Gasteiger partial charge on any atom is -0.367 e. The maximum atomic E-state index is 14.7. The molecule has 3 aromatic heterocycles. The summed E-state index contributed by atoms with van der Waals surface area (Å²) in [6.45, 7) is 18.4. The first-order chi connectivity index (χ1) is 60.6. The number of allylic oxidation sites excluding steroid dienone is 3. The molecule has 6 saturated heterocycles. The van der Waals surface area contributed by atoms with Gasteiger partial charge in [0.05, 0.1) is 87.9 Å². The molecule has 1 saturated carbocycles. The smallest absolute Gasteiger partial charge is 0.259 e. The summed E-state index contributed by atoms with van der Waals surface area (Å²) in [5.41, 5.74) is 12.6. The number of carbonyl (C=O) groups excluding carboxylic acids is 8. The van der Waals surface area contributed by atoms with Crippen molar-refractivity contribution in [3.63, 3.8) is 0 Å². The quantitative estimate of drug-likeness (QED) is 0.0566. The number of nitrogens with one attached hydrogen (secondary N) is 5. The molecule has 8 aromatic carbocycles. The molecule has 21 rings (SSSR count). The molecule has 0 bridgehead atoms. The topological polar surface area (TPSA) is 292 Å². The zero-order valence-electron chi connectivity index (χ0n) is 69.7. The van der Waals surface area contributed by atoms with Crippen molar-refractivity contribution in [3.05, 3.63) is 246 Å². The van der Waals surface area contributed by atoms with E-state index in [0.29, 0.717) is 114 Å². The predicted octanol–water partition coefficient (Wildman–Crippen LogP) is 16.0. The molecule has 28 heteroatoms. The van der Waals surface area contributed by atoms with Gasteiger partial charge in [0, 0.05) is 154 Å². The van der Waals surface area contributed by atoms with Crippen LogP contribution in [0.1, 0.15) is 168 Å². The van der Waals surface area contributed by atoms with Gasteiger partial charge in [-0.2, -0.15) is 15.5 Å². The zero-order chi connectivity index (χ0) is 86.2. The molecule has 0 spiro atoms. The number of anilines is 10. The lowest BCUT2D eigenvalue weighted by molar-refractivity contribution is -0.137. The summed E-state index contributed by atoms with van der Waals surface area (Å²) in [5.74, 6) is -0.719. The van der Waals surface area contributed by atoms with Crippen LogP contribution in [0.25, 0.3) is 32.3 Å². The van der Waals surface area contributed by atoms with Gasteiger partial charge in [0.25, 0.3) is 17.7 Å². The van der Waals surface area contributed by atoms with E-state index in [1.807, 2.05) is 172 Å². The van der Waals surface area contributed by atoms with Crippen LogP contribution in [0.4, 0.5) is 60.6 Å². The van der Waals surface area contributed by atoms with E-state index in [1.165, 1.54) is 25.3 Å². The summed E-state index contributed by atoms with van der Waals surface area (Å²) in [4.78, 5) is 122. The monoisotopic (exact) mass is 1690 g/mol. The van der Waals surface area contributed by atoms with Crippen LogP contribution in [0.2, 0.25) is 0 Å². The Bertz CT molecular complexity index is 6350. The molecule has 1 aliphatic carbocycles. The Balaban J connectivity index is 0.000000123. The van der Waals surface area contributed by atoms with Crippen LogP contribution >= 0.6 is 11.3 Å². The second-order valence-corrected chi connectivity index (χ2v) is 35.8. The molecule has 10 aliphatic rings. The maximum Gasteiger partial charge on any atom is 0.259 e. The van der Waals surface area contributed by atoms with Crippen molar-refractivity contribution >= 4 is 147 Å². The highest BCUT2D eigenvalue weighted by Gasteiger charge is 2.45. The fourth-order valence-electron chi connectivity index (χ4n) is 19.9. The molecule has 26 nitrogen and oxygen atoms in total. The van der Waals surface area contributed by atoms with Gasteiger partial charge in [-0.15, -0.1) is 11.3 Å². The van der Waals surface area contributed by atoms with Gasteiger partial charge in [-0.1, -0.05) is 99.8 Å². The Morgan fingerprint density at radius 1 is 0.592 bits per heavy atom. The number of amides is 8. The van der Waals surface area contributed by atoms with E-state index in [9.17, 15) is 42.7 Å². The Morgan fingerprint density at radius 3 is 1.70 bits per heavy atom. The van der Waals surface area contributed by atoms with E-state index in [4.69, 9.17) is 10.2 Å². The molecule has 8 amide bonds. The van der Waals surface area contributed by atoms with Crippen molar-refractivity contribution in [2.45, 2.75) is 146 Å². The average molecular weight is 1690 g/mol. The van der Waals surface area contributed by atoms with Gasteiger partial charge < -0.3 is 46.2 Å². The summed E-state index contributed by atoms with van der Waals surface area (Å²) in [6.07, 6.45) is 22.1. The van der Waals surface area contributed by atoms with Crippen LogP contribution in [0.5, 0.6) is 0 Å². The second-order valence-electron chi connectivity index (χ2n) is 34.7. The van der Waals surface area contributed by atoms with Gasteiger partial charge in [0.15, 0.2) is 0 Å². The summed E-state index contributed by atoms with van der Waals surface area (Å²) in [7, 11) is 1.99. The van der Waals surface area contributed by atoms with Crippen molar-refractivity contribution in [2.24, 2.45) is 5.41 Å². The second kappa shape index (κ2) is 33.1. The summed E-state index contributed by atoms with van der Waals surface area (Å²) in [5, 5.41) is 41.1. The number of nitriles is 1. The van der Waals surface area contributed by atoms with E-state index in [1.54, 1.807) is 50.4 Å². The summed E-state index contributed by atoms with van der Waals surface area (Å²) in [6, 6.07) is 43.7. The summed E-state index contributed by atoms with van der Waals surface area (Å²) >= 11 is 1.64. The highest BCUT2D eigenvalue weighted by atomic mass is 32.1. The molecule has 5 N–H and O–H groups in total. The van der Waals surface area contributed by atoms with Gasteiger partial charge in [-0.3, -0.25) is 62.4 Å². The Labute approximate surface area is 726 Å². The Kier molecular flexibility index (Phi) is 21.4. The molecule has 12 heterocycles. The summed E-state index contributed by atoms with van der Waals surface area (Å²) < 4.78 is 18.6.